The highest BCUT2D eigenvalue weighted by atomic mass is 35.5. The SMILES string of the molecule is CC(C)(CNC(=O)Nc1ccc(Cl)cc1F)C(=O)O. The molecule has 0 aliphatic heterocycles. The minimum absolute atomic E-state index is 0.0324. The van der Waals surface area contributed by atoms with E-state index in [-0.39, 0.29) is 17.3 Å². The molecule has 7 heteroatoms. The van der Waals surface area contributed by atoms with Crippen LogP contribution in [-0.4, -0.2) is 23.7 Å². The average Bonchev–Trinajstić information content (AvgIpc) is 2.30. The molecule has 0 bridgehead atoms. The van der Waals surface area contributed by atoms with Crippen LogP contribution in [-0.2, 0) is 4.79 Å². The fourth-order valence-electron chi connectivity index (χ4n) is 1.13. The van der Waals surface area contributed by atoms with Crippen LogP contribution in [0.1, 0.15) is 13.8 Å². The number of carboxylic acids is 1. The van der Waals surface area contributed by atoms with E-state index in [9.17, 15) is 14.0 Å². The van der Waals surface area contributed by atoms with Crippen LogP contribution in [0, 0.1) is 11.2 Å². The zero-order valence-corrected chi connectivity index (χ0v) is 11.2. The summed E-state index contributed by atoms with van der Waals surface area (Å²) in [7, 11) is 0. The second kappa shape index (κ2) is 5.88. The summed E-state index contributed by atoms with van der Waals surface area (Å²) in [6.45, 7) is 2.86. The van der Waals surface area contributed by atoms with Crippen LogP contribution in [0.4, 0.5) is 14.9 Å². The van der Waals surface area contributed by atoms with Crippen LogP contribution < -0.4 is 10.6 Å². The standard InChI is InChI=1S/C12H14ClFN2O3/c1-12(2,10(17)18)6-15-11(19)16-9-4-3-7(13)5-8(9)14/h3-5H,6H2,1-2H3,(H,17,18)(H2,15,16,19). The van der Waals surface area contributed by atoms with E-state index >= 15 is 0 Å². The first-order chi connectivity index (χ1) is 8.72. The lowest BCUT2D eigenvalue weighted by Crippen LogP contribution is -2.40. The molecule has 0 saturated carbocycles. The molecule has 0 aliphatic carbocycles. The van der Waals surface area contributed by atoms with Gasteiger partial charge in [0.1, 0.15) is 5.82 Å². The van der Waals surface area contributed by atoms with Crippen molar-refractivity contribution in [3.05, 3.63) is 29.0 Å². The van der Waals surface area contributed by atoms with E-state index in [2.05, 4.69) is 10.6 Å². The van der Waals surface area contributed by atoms with Crippen molar-refractivity contribution in [1.82, 2.24) is 5.32 Å². The van der Waals surface area contributed by atoms with Crippen LogP contribution in [0.5, 0.6) is 0 Å². The van der Waals surface area contributed by atoms with Crippen molar-refractivity contribution in [2.24, 2.45) is 5.41 Å². The molecular weight excluding hydrogens is 275 g/mol. The van der Waals surface area contributed by atoms with Gasteiger partial charge in [0.2, 0.25) is 0 Å². The van der Waals surface area contributed by atoms with Crippen molar-refractivity contribution in [1.29, 1.82) is 0 Å². The lowest BCUT2D eigenvalue weighted by molar-refractivity contribution is -0.146. The molecule has 0 heterocycles. The van der Waals surface area contributed by atoms with Crippen LogP contribution in [0.25, 0.3) is 0 Å². The first-order valence-corrected chi connectivity index (χ1v) is 5.83. The van der Waals surface area contributed by atoms with Crippen molar-refractivity contribution in [3.8, 4) is 0 Å². The number of hydrogen-bond donors (Lipinski definition) is 3. The van der Waals surface area contributed by atoms with E-state index in [1.54, 1.807) is 0 Å². The molecule has 0 spiro atoms. The number of aliphatic carboxylic acids is 1. The Labute approximate surface area is 114 Å². The highest BCUT2D eigenvalue weighted by Gasteiger charge is 2.27. The Kier molecular flexibility index (Phi) is 4.72. The maximum absolute atomic E-state index is 13.4. The van der Waals surface area contributed by atoms with Crippen molar-refractivity contribution < 1.29 is 19.1 Å². The summed E-state index contributed by atoms with van der Waals surface area (Å²) in [5.74, 6) is -1.70. The molecule has 2 amide bonds. The maximum Gasteiger partial charge on any atom is 0.319 e. The molecule has 1 aromatic carbocycles. The van der Waals surface area contributed by atoms with Crippen LogP contribution in [0.2, 0.25) is 5.02 Å². The molecule has 0 saturated heterocycles. The average molecular weight is 289 g/mol. The van der Waals surface area contributed by atoms with Gasteiger partial charge in [-0.3, -0.25) is 4.79 Å². The number of hydrogen-bond acceptors (Lipinski definition) is 2. The van der Waals surface area contributed by atoms with Crippen molar-refractivity contribution in [3.63, 3.8) is 0 Å². The van der Waals surface area contributed by atoms with Crippen molar-refractivity contribution >= 4 is 29.3 Å². The van der Waals surface area contributed by atoms with E-state index in [0.717, 1.165) is 6.07 Å². The minimum Gasteiger partial charge on any atom is -0.481 e. The lowest BCUT2D eigenvalue weighted by Gasteiger charge is -2.19. The quantitative estimate of drug-likeness (QED) is 0.797. The Bertz CT molecular complexity index is 506. The van der Waals surface area contributed by atoms with Gasteiger partial charge in [0.15, 0.2) is 0 Å². The Hall–Kier alpha value is -1.82. The number of carbonyl (C=O) groups excluding carboxylic acids is 1. The molecule has 1 rings (SSSR count). The molecule has 5 nitrogen and oxygen atoms in total. The molecule has 0 aliphatic rings. The van der Waals surface area contributed by atoms with E-state index in [1.807, 2.05) is 0 Å². The number of halogens is 2. The van der Waals surface area contributed by atoms with Gasteiger partial charge < -0.3 is 15.7 Å². The van der Waals surface area contributed by atoms with Crippen LogP contribution in [0.15, 0.2) is 18.2 Å². The predicted octanol–water partition coefficient (Wildman–Crippen LogP) is 2.71. The third-order valence-electron chi connectivity index (χ3n) is 2.45. The van der Waals surface area contributed by atoms with Gasteiger partial charge in [-0.15, -0.1) is 0 Å². The fourth-order valence-corrected chi connectivity index (χ4v) is 1.29. The largest absolute Gasteiger partial charge is 0.481 e. The molecule has 0 unspecified atom stereocenters. The first-order valence-electron chi connectivity index (χ1n) is 5.45. The highest BCUT2D eigenvalue weighted by Crippen LogP contribution is 2.19. The normalized spacial score (nSPS) is 10.9. The molecule has 0 fully saturated rings. The number of anilines is 1. The van der Waals surface area contributed by atoms with Gasteiger partial charge in [-0.2, -0.15) is 0 Å². The van der Waals surface area contributed by atoms with E-state index < -0.39 is 23.2 Å². The number of urea groups is 1. The van der Waals surface area contributed by atoms with Gasteiger partial charge in [-0.25, -0.2) is 9.18 Å². The third kappa shape index (κ3) is 4.40. The molecule has 1 aromatic rings. The first kappa shape index (κ1) is 15.2. The molecule has 0 aromatic heterocycles. The Balaban J connectivity index is 2.59. The lowest BCUT2D eigenvalue weighted by atomic mass is 9.94. The van der Waals surface area contributed by atoms with Crippen LogP contribution in [0.3, 0.4) is 0 Å². The molecule has 0 radical (unpaired) electrons. The number of carboxylic acid groups (broad SMARTS) is 1. The second-order valence-corrected chi connectivity index (χ2v) is 5.06. The van der Waals surface area contributed by atoms with Gasteiger partial charge in [0, 0.05) is 11.6 Å². The number of amides is 2. The van der Waals surface area contributed by atoms with Gasteiger partial charge in [-0.1, -0.05) is 11.6 Å². The Morgan fingerprint density at radius 1 is 1.42 bits per heavy atom. The Morgan fingerprint density at radius 2 is 2.05 bits per heavy atom. The molecule has 3 N–H and O–H groups in total. The molecule has 104 valence electrons. The smallest absolute Gasteiger partial charge is 0.319 e. The fraction of sp³-hybridized carbons (Fsp3) is 0.333. The van der Waals surface area contributed by atoms with Gasteiger partial charge in [-0.05, 0) is 32.0 Å². The summed E-state index contributed by atoms with van der Waals surface area (Å²) in [5, 5.41) is 13.7. The minimum atomic E-state index is -1.10. The van der Waals surface area contributed by atoms with Crippen molar-refractivity contribution in [2.75, 3.05) is 11.9 Å². The number of nitrogens with one attached hydrogen (secondary N) is 2. The second-order valence-electron chi connectivity index (χ2n) is 4.62. The van der Waals surface area contributed by atoms with Gasteiger partial charge in [0.25, 0.3) is 0 Å². The number of rotatable bonds is 4. The molecule has 0 atom stereocenters. The zero-order valence-electron chi connectivity index (χ0n) is 10.5. The topological polar surface area (TPSA) is 78.4 Å². The van der Waals surface area contributed by atoms with Crippen molar-refractivity contribution in [2.45, 2.75) is 13.8 Å². The van der Waals surface area contributed by atoms with E-state index in [0.29, 0.717) is 0 Å². The monoisotopic (exact) mass is 288 g/mol. The van der Waals surface area contributed by atoms with E-state index in [4.69, 9.17) is 16.7 Å². The zero-order chi connectivity index (χ0) is 14.6. The number of carbonyl (C=O) groups is 2. The summed E-state index contributed by atoms with van der Waals surface area (Å²) in [5.41, 5.74) is -1.13. The third-order valence-corrected chi connectivity index (χ3v) is 2.68. The van der Waals surface area contributed by atoms with Gasteiger partial charge in [0.05, 0.1) is 11.1 Å². The molecular formula is C12H14ClFN2O3. The summed E-state index contributed by atoms with van der Waals surface area (Å²) in [4.78, 5) is 22.3. The van der Waals surface area contributed by atoms with E-state index in [1.165, 1.54) is 26.0 Å². The summed E-state index contributed by atoms with van der Waals surface area (Å²) < 4.78 is 13.4. The summed E-state index contributed by atoms with van der Waals surface area (Å²) >= 11 is 5.58. The number of benzene rings is 1. The Morgan fingerprint density at radius 3 is 2.58 bits per heavy atom. The van der Waals surface area contributed by atoms with Crippen LogP contribution >= 0.6 is 11.6 Å². The predicted molar refractivity (Wildman–Crippen MR) is 69.8 cm³/mol. The summed E-state index contributed by atoms with van der Waals surface area (Å²) in [6.07, 6.45) is 0. The highest BCUT2D eigenvalue weighted by molar-refractivity contribution is 6.30. The summed E-state index contributed by atoms with van der Waals surface area (Å²) in [6, 6.07) is 3.13. The maximum atomic E-state index is 13.4. The molecule has 19 heavy (non-hydrogen) atoms. The van der Waals surface area contributed by atoms with Gasteiger partial charge >= 0.3 is 12.0 Å².